The highest BCUT2D eigenvalue weighted by Crippen LogP contribution is 2.13. The fourth-order valence-corrected chi connectivity index (χ4v) is 1.37. The molecule has 0 aliphatic carbocycles. The van der Waals surface area contributed by atoms with Crippen molar-refractivity contribution in [3.8, 4) is 0 Å². The molecule has 0 saturated carbocycles. The number of ether oxygens (including phenoxy) is 2. The average Bonchev–Trinajstić information content (AvgIpc) is 2.25. The summed E-state index contributed by atoms with van der Waals surface area (Å²) in [4.78, 5) is 0. The maximum absolute atomic E-state index is 5.49. The minimum atomic E-state index is 0.00501. The molecule has 1 heterocycles. The third kappa shape index (κ3) is 5.43. The number of hydrogen-bond donors (Lipinski definition) is 0. The van der Waals surface area contributed by atoms with Crippen LogP contribution in [0.5, 0.6) is 0 Å². The van der Waals surface area contributed by atoms with Gasteiger partial charge in [0, 0.05) is 12.5 Å². The second-order valence-electron chi connectivity index (χ2n) is 3.14. The van der Waals surface area contributed by atoms with Gasteiger partial charge in [0.2, 0.25) is 0 Å². The first-order valence-corrected chi connectivity index (χ1v) is 5.58. The molecule has 0 amide bonds. The standard InChI is InChI=1S/C11H17ClO2/c12-8-4-1-2-5-9-13-11-7-3-6-10-14-11/h1-2,4-5,11H,3,6-10H2/b4-1+,5-2-. The van der Waals surface area contributed by atoms with Gasteiger partial charge in [-0.15, -0.1) is 11.6 Å². The van der Waals surface area contributed by atoms with Crippen LogP contribution < -0.4 is 0 Å². The van der Waals surface area contributed by atoms with Gasteiger partial charge in [0.25, 0.3) is 0 Å². The van der Waals surface area contributed by atoms with Crippen LogP contribution in [0.3, 0.4) is 0 Å². The zero-order chi connectivity index (χ0) is 10.1. The first kappa shape index (κ1) is 11.8. The van der Waals surface area contributed by atoms with Crippen LogP contribution in [-0.2, 0) is 9.47 Å². The summed E-state index contributed by atoms with van der Waals surface area (Å²) in [6.45, 7) is 1.44. The van der Waals surface area contributed by atoms with Crippen molar-refractivity contribution in [3.05, 3.63) is 24.3 Å². The van der Waals surface area contributed by atoms with Crippen molar-refractivity contribution in [2.24, 2.45) is 0 Å². The summed E-state index contributed by atoms with van der Waals surface area (Å²) in [5, 5.41) is 0. The molecule has 3 heteroatoms. The highest BCUT2D eigenvalue weighted by atomic mass is 35.5. The lowest BCUT2D eigenvalue weighted by Gasteiger charge is -2.21. The summed E-state index contributed by atoms with van der Waals surface area (Å²) in [6, 6.07) is 0. The molecule has 0 aromatic rings. The van der Waals surface area contributed by atoms with E-state index in [1.165, 1.54) is 6.42 Å². The predicted octanol–water partition coefficient (Wildman–Crippen LogP) is 2.88. The van der Waals surface area contributed by atoms with Crippen molar-refractivity contribution < 1.29 is 9.47 Å². The molecule has 0 N–H and O–H groups in total. The number of allylic oxidation sites excluding steroid dienone is 3. The molecule has 1 aliphatic heterocycles. The fourth-order valence-electron chi connectivity index (χ4n) is 1.27. The molecule has 0 spiro atoms. The van der Waals surface area contributed by atoms with Gasteiger partial charge in [-0.05, 0) is 19.3 Å². The normalized spacial score (nSPS) is 23.6. The molecule has 1 rings (SSSR count). The highest BCUT2D eigenvalue weighted by Gasteiger charge is 2.12. The Balaban J connectivity index is 2.02. The zero-order valence-corrected chi connectivity index (χ0v) is 9.08. The number of alkyl halides is 1. The second-order valence-corrected chi connectivity index (χ2v) is 3.45. The number of halogens is 1. The van der Waals surface area contributed by atoms with E-state index in [0.717, 1.165) is 19.4 Å². The lowest BCUT2D eigenvalue weighted by atomic mass is 10.2. The molecule has 80 valence electrons. The van der Waals surface area contributed by atoms with Gasteiger partial charge in [-0.2, -0.15) is 0 Å². The van der Waals surface area contributed by atoms with E-state index < -0.39 is 0 Å². The van der Waals surface area contributed by atoms with Crippen LogP contribution in [0.4, 0.5) is 0 Å². The van der Waals surface area contributed by atoms with Crippen LogP contribution in [0.2, 0.25) is 0 Å². The van der Waals surface area contributed by atoms with Gasteiger partial charge in [0.1, 0.15) is 0 Å². The van der Waals surface area contributed by atoms with E-state index in [2.05, 4.69) is 0 Å². The Morgan fingerprint density at radius 1 is 1.29 bits per heavy atom. The van der Waals surface area contributed by atoms with Crippen LogP contribution in [-0.4, -0.2) is 25.4 Å². The van der Waals surface area contributed by atoms with Gasteiger partial charge in [-0.25, -0.2) is 0 Å². The number of rotatable bonds is 5. The topological polar surface area (TPSA) is 18.5 Å². The molecule has 1 fully saturated rings. The van der Waals surface area contributed by atoms with E-state index in [4.69, 9.17) is 21.1 Å². The Bertz CT molecular complexity index is 184. The lowest BCUT2D eigenvalue weighted by Crippen LogP contribution is -2.22. The van der Waals surface area contributed by atoms with Crippen LogP contribution in [0.1, 0.15) is 19.3 Å². The maximum atomic E-state index is 5.49. The van der Waals surface area contributed by atoms with E-state index in [9.17, 15) is 0 Å². The van der Waals surface area contributed by atoms with Crippen molar-refractivity contribution in [2.45, 2.75) is 25.6 Å². The molecule has 1 saturated heterocycles. The average molecular weight is 217 g/mol. The summed E-state index contributed by atoms with van der Waals surface area (Å²) < 4.78 is 10.9. The Hall–Kier alpha value is -0.310. The van der Waals surface area contributed by atoms with Crippen molar-refractivity contribution in [2.75, 3.05) is 19.1 Å². The first-order valence-electron chi connectivity index (χ1n) is 5.04. The maximum Gasteiger partial charge on any atom is 0.157 e. The van der Waals surface area contributed by atoms with Gasteiger partial charge in [-0.3, -0.25) is 0 Å². The first-order chi connectivity index (χ1) is 6.93. The lowest BCUT2D eigenvalue weighted by molar-refractivity contribution is -0.155. The van der Waals surface area contributed by atoms with E-state index >= 15 is 0 Å². The van der Waals surface area contributed by atoms with Crippen LogP contribution in [0, 0.1) is 0 Å². The largest absolute Gasteiger partial charge is 0.353 e. The fraction of sp³-hybridized carbons (Fsp3) is 0.636. The van der Waals surface area contributed by atoms with Crippen molar-refractivity contribution >= 4 is 11.6 Å². The van der Waals surface area contributed by atoms with Gasteiger partial charge in [0.05, 0.1) is 6.61 Å². The zero-order valence-electron chi connectivity index (χ0n) is 8.32. The summed E-state index contributed by atoms with van der Waals surface area (Å²) in [5.41, 5.74) is 0. The Kier molecular flexibility index (Phi) is 6.75. The van der Waals surface area contributed by atoms with Gasteiger partial charge < -0.3 is 9.47 Å². The van der Waals surface area contributed by atoms with Crippen molar-refractivity contribution in [1.29, 1.82) is 0 Å². The summed E-state index contributed by atoms with van der Waals surface area (Å²) >= 11 is 5.46. The van der Waals surface area contributed by atoms with E-state index in [-0.39, 0.29) is 6.29 Å². The van der Waals surface area contributed by atoms with Gasteiger partial charge in [0.15, 0.2) is 6.29 Å². The Morgan fingerprint density at radius 3 is 2.86 bits per heavy atom. The molecule has 2 nitrogen and oxygen atoms in total. The van der Waals surface area contributed by atoms with E-state index in [1.54, 1.807) is 0 Å². The molecule has 1 unspecified atom stereocenters. The molecule has 1 aliphatic rings. The smallest absolute Gasteiger partial charge is 0.157 e. The Labute approximate surface area is 90.5 Å². The van der Waals surface area contributed by atoms with Crippen molar-refractivity contribution in [3.63, 3.8) is 0 Å². The molecule has 0 aromatic heterocycles. The van der Waals surface area contributed by atoms with E-state index in [1.807, 2.05) is 24.3 Å². The quantitative estimate of drug-likeness (QED) is 0.520. The Morgan fingerprint density at radius 2 is 2.14 bits per heavy atom. The molecular weight excluding hydrogens is 200 g/mol. The summed E-state index contributed by atoms with van der Waals surface area (Å²) in [6.07, 6.45) is 11.1. The van der Waals surface area contributed by atoms with Gasteiger partial charge >= 0.3 is 0 Å². The minimum Gasteiger partial charge on any atom is -0.353 e. The van der Waals surface area contributed by atoms with Crippen LogP contribution >= 0.6 is 11.6 Å². The third-order valence-corrected chi connectivity index (χ3v) is 2.17. The molecule has 1 atom stereocenters. The molecule has 0 aromatic carbocycles. The third-order valence-electron chi connectivity index (χ3n) is 1.99. The van der Waals surface area contributed by atoms with Crippen LogP contribution in [0.25, 0.3) is 0 Å². The molecule has 0 bridgehead atoms. The molecule has 14 heavy (non-hydrogen) atoms. The van der Waals surface area contributed by atoms with E-state index in [0.29, 0.717) is 12.5 Å². The van der Waals surface area contributed by atoms with Gasteiger partial charge in [-0.1, -0.05) is 24.3 Å². The summed E-state index contributed by atoms with van der Waals surface area (Å²) in [7, 11) is 0. The van der Waals surface area contributed by atoms with Crippen molar-refractivity contribution in [1.82, 2.24) is 0 Å². The highest BCUT2D eigenvalue weighted by molar-refractivity contribution is 6.18. The SMILES string of the molecule is ClC/C=C/C=C\COC1CCCCO1. The monoisotopic (exact) mass is 216 g/mol. The minimum absolute atomic E-state index is 0.00501. The number of hydrogen-bond acceptors (Lipinski definition) is 2. The van der Waals surface area contributed by atoms with Crippen LogP contribution in [0.15, 0.2) is 24.3 Å². The predicted molar refractivity (Wildman–Crippen MR) is 58.5 cm³/mol. The second kappa shape index (κ2) is 8.04. The molecule has 0 radical (unpaired) electrons. The molecular formula is C11H17ClO2. The summed E-state index contributed by atoms with van der Waals surface area (Å²) in [5.74, 6) is 0.553.